The zero-order valence-electron chi connectivity index (χ0n) is 8.19. The van der Waals surface area contributed by atoms with E-state index in [9.17, 15) is 13.2 Å². The Morgan fingerprint density at radius 2 is 1.67 bits per heavy atom. The zero-order chi connectivity index (χ0) is 10.9. The average molecular weight is 215 g/mol. The molecule has 1 N–H and O–H groups in total. The molecule has 1 aliphatic heterocycles. The maximum absolute atomic E-state index is 12.4. The number of hydrogen-bond acceptors (Lipinski definition) is 1. The predicted molar refractivity (Wildman–Crippen MR) is 51.7 cm³/mol. The molecule has 0 atom stereocenters. The molecule has 0 saturated carbocycles. The van der Waals surface area contributed by atoms with Gasteiger partial charge in [-0.15, -0.1) is 0 Å². The molecule has 2 rings (SSSR count). The first kappa shape index (κ1) is 10.5. The molecule has 1 nitrogen and oxygen atoms in total. The molecule has 0 bridgehead atoms. The number of rotatable bonds is 0. The molecule has 1 heterocycles. The summed E-state index contributed by atoms with van der Waals surface area (Å²) in [6, 6.07) is 4.05. The van der Waals surface area contributed by atoms with Crippen molar-refractivity contribution in [2.24, 2.45) is 0 Å². The molecule has 0 fully saturated rings. The smallest absolute Gasteiger partial charge is 0.316 e. The Bertz CT molecular complexity index is 357. The standard InChI is InChI=1S/C11H12F3N/c12-11(13,14)10-2-1-8-3-5-15-6-4-9(8)7-10/h1-2,7,15H,3-6H2. The third kappa shape index (κ3) is 2.31. The lowest BCUT2D eigenvalue weighted by Crippen LogP contribution is -2.16. The Morgan fingerprint density at radius 3 is 2.33 bits per heavy atom. The number of fused-ring (bicyclic) bond motifs is 1. The maximum atomic E-state index is 12.4. The summed E-state index contributed by atoms with van der Waals surface area (Å²) in [5, 5.41) is 3.17. The van der Waals surface area contributed by atoms with Crippen molar-refractivity contribution in [2.75, 3.05) is 13.1 Å². The van der Waals surface area contributed by atoms with E-state index in [0.29, 0.717) is 6.42 Å². The molecular formula is C11H12F3N. The molecule has 82 valence electrons. The van der Waals surface area contributed by atoms with E-state index < -0.39 is 11.7 Å². The molecule has 0 radical (unpaired) electrons. The fourth-order valence-corrected chi connectivity index (χ4v) is 1.85. The Hall–Kier alpha value is -1.03. The molecule has 0 aliphatic carbocycles. The van der Waals surface area contributed by atoms with E-state index in [-0.39, 0.29) is 0 Å². The van der Waals surface area contributed by atoms with E-state index in [1.165, 1.54) is 12.1 Å². The van der Waals surface area contributed by atoms with Gasteiger partial charge in [0.15, 0.2) is 0 Å². The molecular weight excluding hydrogens is 203 g/mol. The molecule has 1 aliphatic rings. The van der Waals surface area contributed by atoms with E-state index in [4.69, 9.17) is 0 Å². The van der Waals surface area contributed by atoms with Crippen molar-refractivity contribution in [3.63, 3.8) is 0 Å². The Kier molecular flexibility index (Phi) is 2.69. The highest BCUT2D eigenvalue weighted by molar-refractivity contribution is 5.34. The zero-order valence-corrected chi connectivity index (χ0v) is 8.19. The van der Waals surface area contributed by atoms with Gasteiger partial charge in [-0.25, -0.2) is 0 Å². The molecule has 0 spiro atoms. The van der Waals surface area contributed by atoms with Crippen molar-refractivity contribution in [3.8, 4) is 0 Å². The summed E-state index contributed by atoms with van der Waals surface area (Å²) in [6.07, 6.45) is -2.73. The minimum atomic E-state index is -4.23. The monoisotopic (exact) mass is 215 g/mol. The predicted octanol–water partition coefficient (Wildman–Crippen LogP) is 2.39. The summed E-state index contributed by atoms with van der Waals surface area (Å²) in [5.74, 6) is 0. The Balaban J connectivity index is 2.36. The largest absolute Gasteiger partial charge is 0.416 e. The highest BCUT2D eigenvalue weighted by Gasteiger charge is 2.30. The van der Waals surface area contributed by atoms with Crippen molar-refractivity contribution in [2.45, 2.75) is 19.0 Å². The molecule has 0 unspecified atom stereocenters. The van der Waals surface area contributed by atoms with Gasteiger partial charge in [0, 0.05) is 0 Å². The van der Waals surface area contributed by atoms with Gasteiger partial charge in [-0.05, 0) is 49.2 Å². The summed E-state index contributed by atoms with van der Waals surface area (Å²) < 4.78 is 37.3. The summed E-state index contributed by atoms with van der Waals surface area (Å²) >= 11 is 0. The molecule has 0 saturated heterocycles. The minimum Gasteiger partial charge on any atom is -0.316 e. The van der Waals surface area contributed by atoms with Crippen LogP contribution in [-0.4, -0.2) is 13.1 Å². The van der Waals surface area contributed by atoms with Gasteiger partial charge in [0.1, 0.15) is 0 Å². The second kappa shape index (κ2) is 3.85. The lowest BCUT2D eigenvalue weighted by molar-refractivity contribution is -0.137. The number of benzene rings is 1. The van der Waals surface area contributed by atoms with Gasteiger partial charge < -0.3 is 5.32 Å². The van der Waals surface area contributed by atoms with Crippen LogP contribution in [0.3, 0.4) is 0 Å². The third-order valence-electron chi connectivity index (χ3n) is 2.68. The van der Waals surface area contributed by atoms with Crippen LogP contribution in [-0.2, 0) is 19.0 Å². The van der Waals surface area contributed by atoms with Crippen LogP contribution in [0.5, 0.6) is 0 Å². The first-order valence-corrected chi connectivity index (χ1v) is 4.97. The van der Waals surface area contributed by atoms with Crippen LogP contribution in [0, 0.1) is 0 Å². The van der Waals surface area contributed by atoms with Gasteiger partial charge in [-0.2, -0.15) is 13.2 Å². The van der Waals surface area contributed by atoms with Crippen molar-refractivity contribution in [3.05, 3.63) is 34.9 Å². The second-order valence-electron chi connectivity index (χ2n) is 3.73. The summed E-state index contributed by atoms with van der Waals surface area (Å²) in [4.78, 5) is 0. The van der Waals surface area contributed by atoms with Crippen molar-refractivity contribution in [1.82, 2.24) is 5.32 Å². The number of hydrogen-bond donors (Lipinski definition) is 1. The summed E-state index contributed by atoms with van der Waals surface area (Å²) in [5.41, 5.74) is 1.32. The van der Waals surface area contributed by atoms with Crippen LogP contribution in [0.2, 0.25) is 0 Å². The highest BCUT2D eigenvalue weighted by Crippen LogP contribution is 2.31. The van der Waals surface area contributed by atoms with E-state index in [1.54, 1.807) is 6.07 Å². The van der Waals surface area contributed by atoms with Gasteiger partial charge in [0.05, 0.1) is 5.56 Å². The SMILES string of the molecule is FC(F)(F)c1ccc2c(c1)CCNCC2. The first-order valence-electron chi connectivity index (χ1n) is 4.97. The van der Waals surface area contributed by atoms with Crippen LogP contribution in [0.4, 0.5) is 13.2 Å². The van der Waals surface area contributed by atoms with Gasteiger partial charge in [0.2, 0.25) is 0 Å². The fraction of sp³-hybridized carbons (Fsp3) is 0.455. The summed E-state index contributed by atoms with van der Waals surface area (Å²) in [6.45, 7) is 1.60. The molecule has 1 aromatic rings. The van der Waals surface area contributed by atoms with Gasteiger partial charge in [0.25, 0.3) is 0 Å². The van der Waals surface area contributed by atoms with Gasteiger partial charge in [-0.1, -0.05) is 6.07 Å². The van der Waals surface area contributed by atoms with Crippen LogP contribution in [0.15, 0.2) is 18.2 Å². The third-order valence-corrected chi connectivity index (χ3v) is 2.68. The van der Waals surface area contributed by atoms with Crippen LogP contribution in [0.1, 0.15) is 16.7 Å². The first-order chi connectivity index (χ1) is 7.07. The van der Waals surface area contributed by atoms with Crippen LogP contribution >= 0.6 is 0 Å². The van der Waals surface area contributed by atoms with Crippen LogP contribution < -0.4 is 5.32 Å². The average Bonchev–Trinajstić information content (AvgIpc) is 2.39. The number of nitrogens with one attached hydrogen (secondary N) is 1. The molecule has 0 amide bonds. The quantitative estimate of drug-likeness (QED) is 0.700. The Labute approximate surface area is 86.3 Å². The number of halogens is 3. The normalized spacial score (nSPS) is 17.0. The van der Waals surface area contributed by atoms with E-state index in [0.717, 1.165) is 30.6 Å². The second-order valence-corrected chi connectivity index (χ2v) is 3.73. The minimum absolute atomic E-state index is 0.539. The molecule has 1 aromatic carbocycles. The lowest BCUT2D eigenvalue weighted by Gasteiger charge is -2.10. The van der Waals surface area contributed by atoms with E-state index >= 15 is 0 Å². The topological polar surface area (TPSA) is 12.0 Å². The summed E-state index contributed by atoms with van der Waals surface area (Å²) in [7, 11) is 0. The highest BCUT2D eigenvalue weighted by atomic mass is 19.4. The van der Waals surface area contributed by atoms with Crippen molar-refractivity contribution < 1.29 is 13.2 Å². The molecule has 4 heteroatoms. The van der Waals surface area contributed by atoms with Gasteiger partial charge >= 0.3 is 6.18 Å². The Morgan fingerprint density at radius 1 is 1.00 bits per heavy atom. The maximum Gasteiger partial charge on any atom is 0.416 e. The number of alkyl halides is 3. The van der Waals surface area contributed by atoms with Gasteiger partial charge in [-0.3, -0.25) is 0 Å². The van der Waals surface area contributed by atoms with E-state index in [1.807, 2.05) is 0 Å². The van der Waals surface area contributed by atoms with Crippen molar-refractivity contribution >= 4 is 0 Å². The lowest BCUT2D eigenvalue weighted by atomic mass is 10.00. The van der Waals surface area contributed by atoms with Crippen LogP contribution in [0.25, 0.3) is 0 Å². The van der Waals surface area contributed by atoms with Crippen molar-refractivity contribution in [1.29, 1.82) is 0 Å². The van der Waals surface area contributed by atoms with E-state index in [2.05, 4.69) is 5.32 Å². The fourth-order valence-electron chi connectivity index (χ4n) is 1.85. The molecule has 15 heavy (non-hydrogen) atoms. The molecule has 0 aromatic heterocycles.